The molecule has 3 rings (SSSR count). The Morgan fingerprint density at radius 3 is 2.48 bits per heavy atom. The number of H-pyrrole nitrogens is 1. The minimum Gasteiger partial charge on any atom is -0.322 e. The maximum absolute atomic E-state index is 12.5. The Labute approximate surface area is 145 Å². The molecule has 0 fully saturated rings. The summed E-state index contributed by atoms with van der Waals surface area (Å²) in [6.07, 6.45) is 1.19. The van der Waals surface area contributed by atoms with Crippen LogP contribution in [-0.2, 0) is 10.0 Å². The second-order valence-corrected chi connectivity index (χ2v) is 7.03. The largest absolute Gasteiger partial charge is 0.322 e. The van der Waals surface area contributed by atoms with E-state index in [1.54, 1.807) is 48.5 Å². The highest BCUT2D eigenvalue weighted by molar-refractivity contribution is 7.92. The van der Waals surface area contributed by atoms with Gasteiger partial charge in [-0.15, -0.1) is 0 Å². The summed E-state index contributed by atoms with van der Waals surface area (Å²) in [7, 11) is -3.98. The minimum atomic E-state index is -3.98. The van der Waals surface area contributed by atoms with Gasteiger partial charge in [0.15, 0.2) is 5.03 Å². The van der Waals surface area contributed by atoms with E-state index < -0.39 is 15.9 Å². The average molecular weight is 356 g/mol. The first-order valence-corrected chi connectivity index (χ1v) is 8.93. The summed E-state index contributed by atoms with van der Waals surface area (Å²) in [5.41, 5.74) is 1.88. The molecule has 0 unspecified atom stereocenters. The average Bonchev–Trinajstić information content (AvgIpc) is 3.06. The molecule has 25 heavy (non-hydrogen) atoms. The molecule has 7 nitrogen and oxygen atoms in total. The van der Waals surface area contributed by atoms with Crippen LogP contribution < -0.4 is 10.0 Å². The van der Waals surface area contributed by atoms with Gasteiger partial charge in [-0.1, -0.05) is 30.3 Å². The lowest BCUT2D eigenvalue weighted by Gasteiger charge is -2.09. The summed E-state index contributed by atoms with van der Waals surface area (Å²) in [5.74, 6) is -0.562. The first-order valence-electron chi connectivity index (χ1n) is 7.45. The zero-order valence-corrected chi connectivity index (χ0v) is 14.2. The Bertz CT molecular complexity index is 997. The van der Waals surface area contributed by atoms with Crippen molar-refractivity contribution in [3.63, 3.8) is 0 Å². The first-order chi connectivity index (χ1) is 12.0. The summed E-state index contributed by atoms with van der Waals surface area (Å²) < 4.78 is 27.5. The Morgan fingerprint density at radius 2 is 1.76 bits per heavy atom. The van der Waals surface area contributed by atoms with Gasteiger partial charge < -0.3 is 5.32 Å². The van der Waals surface area contributed by atoms with Crippen molar-refractivity contribution in [2.24, 2.45) is 0 Å². The number of anilines is 2. The molecular formula is C17H16N4O3S. The van der Waals surface area contributed by atoms with Crippen molar-refractivity contribution in [2.45, 2.75) is 11.9 Å². The Morgan fingerprint density at radius 1 is 1.04 bits per heavy atom. The number of carbonyl (C=O) groups is 1. The third-order valence-corrected chi connectivity index (χ3v) is 4.77. The van der Waals surface area contributed by atoms with Gasteiger partial charge in [0.2, 0.25) is 0 Å². The number of aromatic amines is 1. The summed E-state index contributed by atoms with van der Waals surface area (Å²) in [4.78, 5) is 12.4. The third-order valence-electron chi connectivity index (χ3n) is 3.42. The predicted octanol–water partition coefficient (Wildman–Crippen LogP) is 2.77. The van der Waals surface area contributed by atoms with Crippen LogP contribution in [0.5, 0.6) is 0 Å². The maximum atomic E-state index is 12.5. The van der Waals surface area contributed by atoms with E-state index in [9.17, 15) is 13.2 Å². The van der Waals surface area contributed by atoms with Crippen molar-refractivity contribution in [1.82, 2.24) is 10.2 Å². The van der Waals surface area contributed by atoms with Gasteiger partial charge >= 0.3 is 0 Å². The van der Waals surface area contributed by atoms with Crippen molar-refractivity contribution >= 4 is 27.3 Å². The monoisotopic (exact) mass is 356 g/mol. The fraction of sp³-hybridized carbons (Fsp3) is 0.0588. The van der Waals surface area contributed by atoms with Crippen molar-refractivity contribution in [3.05, 3.63) is 71.9 Å². The van der Waals surface area contributed by atoms with E-state index >= 15 is 0 Å². The van der Waals surface area contributed by atoms with Crippen molar-refractivity contribution in [1.29, 1.82) is 0 Å². The lowest BCUT2D eigenvalue weighted by Crippen LogP contribution is -2.19. The summed E-state index contributed by atoms with van der Waals surface area (Å²) >= 11 is 0. The predicted molar refractivity (Wildman–Crippen MR) is 95.0 cm³/mol. The highest BCUT2D eigenvalue weighted by Gasteiger charge is 2.25. The summed E-state index contributed by atoms with van der Waals surface area (Å²) in [5, 5.41) is 8.47. The normalized spacial score (nSPS) is 11.1. The number of aryl methyl sites for hydroxylation is 1. The number of rotatable bonds is 5. The second-order valence-electron chi connectivity index (χ2n) is 5.41. The molecule has 0 spiro atoms. The number of aromatic nitrogens is 2. The van der Waals surface area contributed by atoms with E-state index in [-0.39, 0.29) is 10.6 Å². The van der Waals surface area contributed by atoms with Crippen molar-refractivity contribution in [2.75, 3.05) is 10.0 Å². The number of hydrogen-bond acceptors (Lipinski definition) is 4. The molecule has 0 saturated carbocycles. The fourth-order valence-corrected chi connectivity index (χ4v) is 3.43. The van der Waals surface area contributed by atoms with E-state index in [2.05, 4.69) is 20.2 Å². The van der Waals surface area contributed by atoms with E-state index in [1.165, 1.54) is 6.20 Å². The van der Waals surface area contributed by atoms with E-state index in [0.29, 0.717) is 11.4 Å². The molecule has 1 heterocycles. The van der Waals surface area contributed by atoms with Gasteiger partial charge in [0.05, 0.1) is 11.8 Å². The smallest absolute Gasteiger partial charge is 0.279 e. The number of nitrogens with one attached hydrogen (secondary N) is 3. The van der Waals surface area contributed by atoms with Crippen LogP contribution in [0, 0.1) is 6.92 Å². The first kappa shape index (κ1) is 16.7. The highest BCUT2D eigenvalue weighted by Crippen LogP contribution is 2.19. The van der Waals surface area contributed by atoms with Crippen LogP contribution >= 0.6 is 0 Å². The highest BCUT2D eigenvalue weighted by atomic mass is 32.2. The SMILES string of the molecule is Cc1cccc(NC(=O)c2cn[nH]c2S(=O)(=O)Nc2ccccc2)c1. The molecule has 0 radical (unpaired) electrons. The lowest BCUT2D eigenvalue weighted by molar-refractivity contribution is 0.102. The number of nitrogens with zero attached hydrogens (tertiary/aromatic N) is 1. The fourth-order valence-electron chi connectivity index (χ4n) is 2.27. The topological polar surface area (TPSA) is 104 Å². The van der Waals surface area contributed by atoms with Gasteiger partial charge in [-0.05, 0) is 36.8 Å². The quantitative estimate of drug-likeness (QED) is 0.654. The Hall–Kier alpha value is -3.13. The molecule has 3 N–H and O–H groups in total. The van der Waals surface area contributed by atoms with E-state index in [1.807, 2.05) is 13.0 Å². The molecule has 3 aromatic rings. The molecule has 0 aliphatic heterocycles. The van der Waals surface area contributed by atoms with Crippen LogP contribution in [0.15, 0.2) is 65.8 Å². The molecule has 1 amide bonds. The minimum absolute atomic E-state index is 0.0649. The number of para-hydroxylation sites is 1. The van der Waals surface area contributed by atoms with Gasteiger partial charge in [-0.3, -0.25) is 14.6 Å². The standard InChI is InChI=1S/C17H16N4O3S/c1-12-6-5-9-14(10-12)19-16(22)15-11-18-20-17(15)25(23,24)21-13-7-3-2-4-8-13/h2-11,21H,1H3,(H,18,20)(H,19,22). The van der Waals surface area contributed by atoms with E-state index in [0.717, 1.165) is 5.56 Å². The second kappa shape index (κ2) is 6.78. The van der Waals surface area contributed by atoms with Crippen LogP contribution in [0.3, 0.4) is 0 Å². The zero-order chi connectivity index (χ0) is 17.9. The molecule has 2 aromatic carbocycles. The van der Waals surface area contributed by atoms with Crippen LogP contribution in [0.1, 0.15) is 15.9 Å². The summed E-state index contributed by atoms with van der Waals surface area (Å²) in [6, 6.07) is 15.6. The number of sulfonamides is 1. The van der Waals surface area contributed by atoms with Crippen molar-refractivity contribution < 1.29 is 13.2 Å². The van der Waals surface area contributed by atoms with Crippen LogP contribution in [-0.4, -0.2) is 24.5 Å². The molecule has 1 aromatic heterocycles. The summed E-state index contributed by atoms with van der Waals surface area (Å²) in [6.45, 7) is 1.90. The molecule has 8 heteroatoms. The number of benzene rings is 2. The Balaban J connectivity index is 1.85. The van der Waals surface area contributed by atoms with Gasteiger partial charge in [0, 0.05) is 11.4 Å². The molecule has 0 bridgehead atoms. The molecule has 0 atom stereocenters. The molecular weight excluding hydrogens is 340 g/mol. The molecule has 0 saturated heterocycles. The molecule has 0 aliphatic rings. The van der Waals surface area contributed by atoms with Gasteiger partial charge in [-0.2, -0.15) is 13.5 Å². The van der Waals surface area contributed by atoms with Gasteiger partial charge in [0.1, 0.15) is 0 Å². The zero-order valence-electron chi connectivity index (χ0n) is 13.4. The maximum Gasteiger partial charge on any atom is 0.279 e. The molecule has 128 valence electrons. The van der Waals surface area contributed by atoms with Crippen LogP contribution in [0.4, 0.5) is 11.4 Å². The van der Waals surface area contributed by atoms with Crippen molar-refractivity contribution in [3.8, 4) is 0 Å². The number of hydrogen-bond donors (Lipinski definition) is 3. The van der Waals surface area contributed by atoms with Gasteiger partial charge in [-0.25, -0.2) is 0 Å². The number of carbonyl (C=O) groups excluding carboxylic acids is 1. The number of amides is 1. The van der Waals surface area contributed by atoms with E-state index in [4.69, 9.17) is 0 Å². The third kappa shape index (κ3) is 3.86. The molecule has 0 aliphatic carbocycles. The van der Waals surface area contributed by atoms with Crippen LogP contribution in [0.25, 0.3) is 0 Å². The Kier molecular flexibility index (Phi) is 4.53. The lowest BCUT2D eigenvalue weighted by atomic mass is 10.2. The van der Waals surface area contributed by atoms with Gasteiger partial charge in [0.25, 0.3) is 15.9 Å². The van der Waals surface area contributed by atoms with Crippen LogP contribution in [0.2, 0.25) is 0 Å².